The van der Waals surface area contributed by atoms with Crippen LogP contribution < -0.4 is 0 Å². The lowest BCUT2D eigenvalue weighted by molar-refractivity contribution is -0.132. The topological polar surface area (TPSA) is 186 Å². The molecule has 0 atom stereocenters. The highest BCUT2D eigenvalue weighted by Gasteiger charge is 1.75. The standard InChI is InChI=1S/5C3H4O2.CH4/c5*1-2-3(4)5;/h5*2H,1H2,(H,4,5);1H4. The van der Waals surface area contributed by atoms with Gasteiger partial charge in [0.15, 0.2) is 0 Å². The van der Waals surface area contributed by atoms with E-state index in [1.54, 1.807) is 0 Å². The molecule has 5 N–H and O–H groups in total. The molecule has 0 aromatic rings. The monoisotopic (exact) mass is 376 g/mol. The summed E-state index contributed by atoms with van der Waals surface area (Å²) in [6, 6.07) is 0. The van der Waals surface area contributed by atoms with Gasteiger partial charge in [-0.2, -0.15) is 0 Å². The molecule has 0 radical (unpaired) electrons. The van der Waals surface area contributed by atoms with Gasteiger partial charge in [0.2, 0.25) is 0 Å². The Morgan fingerprint density at radius 1 is 0.423 bits per heavy atom. The highest BCUT2D eigenvalue weighted by atomic mass is 16.4. The van der Waals surface area contributed by atoms with Crippen molar-refractivity contribution in [3.8, 4) is 0 Å². The van der Waals surface area contributed by atoms with E-state index in [0.717, 1.165) is 30.4 Å². The molecule has 0 aliphatic carbocycles. The summed E-state index contributed by atoms with van der Waals surface area (Å²) in [7, 11) is 0. The minimum atomic E-state index is -0.981. The van der Waals surface area contributed by atoms with E-state index in [2.05, 4.69) is 32.9 Å². The van der Waals surface area contributed by atoms with Crippen molar-refractivity contribution in [1.29, 1.82) is 0 Å². The quantitative estimate of drug-likeness (QED) is 0.443. The van der Waals surface area contributed by atoms with E-state index in [-0.39, 0.29) is 7.43 Å². The lowest BCUT2D eigenvalue weighted by atomic mass is 10.7. The number of aliphatic carboxylic acids is 5. The number of carbonyl (C=O) groups is 5. The van der Waals surface area contributed by atoms with Gasteiger partial charge in [0.1, 0.15) is 0 Å². The van der Waals surface area contributed by atoms with Crippen molar-refractivity contribution in [2.75, 3.05) is 0 Å². The maximum absolute atomic E-state index is 9.25. The third-order valence-electron chi connectivity index (χ3n) is 0.873. The maximum Gasteiger partial charge on any atom is 0.327 e. The van der Waals surface area contributed by atoms with E-state index in [1.165, 1.54) is 0 Å². The predicted molar refractivity (Wildman–Crippen MR) is 95.9 cm³/mol. The second-order valence-electron chi connectivity index (χ2n) is 2.71. The Bertz CT molecular complexity index is 385. The van der Waals surface area contributed by atoms with Crippen LogP contribution in [0.1, 0.15) is 7.43 Å². The molecule has 10 nitrogen and oxygen atoms in total. The zero-order valence-corrected chi connectivity index (χ0v) is 13.2. The van der Waals surface area contributed by atoms with E-state index < -0.39 is 29.8 Å². The molecule has 0 aliphatic rings. The summed E-state index contributed by atoms with van der Waals surface area (Å²) in [6.07, 6.45) is 4.17. The van der Waals surface area contributed by atoms with Crippen molar-refractivity contribution in [3.05, 3.63) is 63.3 Å². The Morgan fingerprint density at radius 2 is 0.462 bits per heavy atom. The highest BCUT2D eigenvalue weighted by Crippen LogP contribution is 1.56. The van der Waals surface area contributed by atoms with E-state index >= 15 is 0 Å². The molecule has 148 valence electrons. The molecule has 0 saturated carbocycles. The number of carboxylic acid groups (broad SMARTS) is 5. The van der Waals surface area contributed by atoms with Gasteiger partial charge >= 0.3 is 29.8 Å². The summed E-state index contributed by atoms with van der Waals surface area (Å²) in [4.78, 5) is 46.2. The van der Waals surface area contributed by atoms with E-state index in [1.807, 2.05) is 0 Å². The summed E-state index contributed by atoms with van der Waals surface area (Å²) in [5.74, 6) is -4.91. The van der Waals surface area contributed by atoms with Crippen LogP contribution in [0.4, 0.5) is 0 Å². The van der Waals surface area contributed by atoms with Crippen molar-refractivity contribution < 1.29 is 49.5 Å². The zero-order chi connectivity index (χ0) is 21.4. The molecule has 0 heterocycles. The minimum Gasteiger partial charge on any atom is -0.478 e. The molecular formula is C16H24O10. The number of hydrogen-bond acceptors (Lipinski definition) is 5. The molecule has 0 bridgehead atoms. The number of rotatable bonds is 5. The summed E-state index contributed by atoms with van der Waals surface area (Å²) < 4.78 is 0. The van der Waals surface area contributed by atoms with Gasteiger partial charge in [-0.1, -0.05) is 40.3 Å². The van der Waals surface area contributed by atoms with Crippen LogP contribution in [0.15, 0.2) is 63.3 Å². The third kappa shape index (κ3) is 199. The van der Waals surface area contributed by atoms with Gasteiger partial charge in [-0.25, -0.2) is 24.0 Å². The summed E-state index contributed by atoms with van der Waals surface area (Å²) in [6.45, 7) is 14.8. The molecule has 26 heavy (non-hydrogen) atoms. The molecule has 0 unspecified atom stereocenters. The average molecular weight is 376 g/mol. The SMILES string of the molecule is C.C=CC(=O)O.C=CC(=O)O.C=CC(=O)O.C=CC(=O)O.C=CC(=O)O. The van der Waals surface area contributed by atoms with Crippen molar-refractivity contribution in [2.24, 2.45) is 0 Å². The normalized spacial score (nSPS) is 6.15. The molecule has 0 rings (SSSR count). The highest BCUT2D eigenvalue weighted by molar-refractivity contribution is 5.80. The Labute approximate surface area is 151 Å². The van der Waals surface area contributed by atoms with Crippen LogP contribution in [-0.4, -0.2) is 55.4 Å². The van der Waals surface area contributed by atoms with Crippen LogP contribution in [0.2, 0.25) is 0 Å². The Hall–Kier alpha value is -3.95. The fourth-order valence-electron chi connectivity index (χ4n) is 0. The largest absolute Gasteiger partial charge is 0.478 e. The summed E-state index contributed by atoms with van der Waals surface area (Å²) in [5, 5.41) is 38.0. The van der Waals surface area contributed by atoms with Crippen LogP contribution in [0.5, 0.6) is 0 Å². The molecule has 0 aromatic heterocycles. The first-order chi connectivity index (χ1) is 11.4. The van der Waals surface area contributed by atoms with E-state index in [0.29, 0.717) is 0 Å². The molecule has 0 aromatic carbocycles. The van der Waals surface area contributed by atoms with Gasteiger partial charge in [-0.05, 0) is 0 Å². The third-order valence-corrected chi connectivity index (χ3v) is 0.873. The van der Waals surface area contributed by atoms with Crippen LogP contribution in [0.3, 0.4) is 0 Å². The van der Waals surface area contributed by atoms with Crippen LogP contribution >= 0.6 is 0 Å². The van der Waals surface area contributed by atoms with Crippen molar-refractivity contribution in [3.63, 3.8) is 0 Å². The fraction of sp³-hybridized carbons (Fsp3) is 0.0625. The first kappa shape index (κ1) is 37.9. The Morgan fingerprint density at radius 3 is 0.462 bits per heavy atom. The molecule has 10 heteroatoms. The molecule has 0 fully saturated rings. The van der Waals surface area contributed by atoms with Gasteiger partial charge in [0.25, 0.3) is 0 Å². The second kappa shape index (κ2) is 32.8. The van der Waals surface area contributed by atoms with Gasteiger partial charge < -0.3 is 25.5 Å². The molecule has 0 spiro atoms. The van der Waals surface area contributed by atoms with Crippen molar-refractivity contribution in [1.82, 2.24) is 0 Å². The van der Waals surface area contributed by atoms with Crippen molar-refractivity contribution >= 4 is 29.8 Å². The molecule has 0 amide bonds. The molecule has 0 aliphatic heterocycles. The van der Waals surface area contributed by atoms with E-state index in [4.69, 9.17) is 25.5 Å². The Balaban J connectivity index is -0.0000000476. The van der Waals surface area contributed by atoms with Crippen LogP contribution in [0.25, 0.3) is 0 Å². The van der Waals surface area contributed by atoms with Gasteiger partial charge in [0, 0.05) is 30.4 Å². The van der Waals surface area contributed by atoms with Crippen LogP contribution in [-0.2, 0) is 24.0 Å². The zero-order valence-electron chi connectivity index (χ0n) is 13.2. The van der Waals surface area contributed by atoms with Gasteiger partial charge in [-0.3, -0.25) is 0 Å². The minimum absolute atomic E-state index is 0. The van der Waals surface area contributed by atoms with Gasteiger partial charge in [-0.15, -0.1) is 0 Å². The van der Waals surface area contributed by atoms with E-state index in [9.17, 15) is 24.0 Å². The van der Waals surface area contributed by atoms with Gasteiger partial charge in [0.05, 0.1) is 0 Å². The molecule has 0 saturated heterocycles. The summed E-state index contributed by atoms with van der Waals surface area (Å²) in [5.41, 5.74) is 0. The maximum atomic E-state index is 9.25. The lowest BCUT2D eigenvalue weighted by Crippen LogP contribution is -1.82. The van der Waals surface area contributed by atoms with Crippen molar-refractivity contribution in [2.45, 2.75) is 7.43 Å². The average Bonchev–Trinajstić information content (AvgIpc) is 2.56. The lowest BCUT2D eigenvalue weighted by Gasteiger charge is -1.64. The van der Waals surface area contributed by atoms with Crippen LogP contribution in [0, 0.1) is 0 Å². The first-order valence-corrected chi connectivity index (χ1v) is 5.62. The summed E-state index contributed by atoms with van der Waals surface area (Å²) >= 11 is 0. The number of carboxylic acids is 5. The number of hydrogen-bond donors (Lipinski definition) is 5. The second-order valence-corrected chi connectivity index (χ2v) is 2.71. The first-order valence-electron chi connectivity index (χ1n) is 5.62. The Kier molecular flexibility index (Phi) is 47.9. The predicted octanol–water partition coefficient (Wildman–Crippen LogP) is 1.92. The molecular weight excluding hydrogens is 352 g/mol. The smallest absolute Gasteiger partial charge is 0.327 e. The fourth-order valence-corrected chi connectivity index (χ4v) is 0.